The van der Waals surface area contributed by atoms with Gasteiger partial charge in [-0.05, 0) is 33.1 Å². The Morgan fingerprint density at radius 3 is 2.94 bits per heavy atom. The summed E-state index contributed by atoms with van der Waals surface area (Å²) < 4.78 is 1.10. The number of rotatable bonds is 6. The van der Waals surface area contributed by atoms with Gasteiger partial charge in [-0.3, -0.25) is 5.32 Å². The van der Waals surface area contributed by atoms with Crippen molar-refractivity contribution in [1.29, 1.82) is 5.26 Å². The van der Waals surface area contributed by atoms with Crippen LogP contribution in [-0.2, 0) is 0 Å². The second kappa shape index (κ2) is 5.60. The summed E-state index contributed by atoms with van der Waals surface area (Å²) in [4.78, 5) is 4.46. The SMILES string of the molecule is Cc1csc(SC(C)CC(C)(C#N)NC2CC2)n1. The highest BCUT2D eigenvalue weighted by molar-refractivity contribution is 8.01. The standard InChI is InChI=1S/C13H19N3S2/c1-9-7-17-12(15-9)18-10(2)6-13(3,8-14)16-11-4-5-11/h7,10-11,16H,4-6H2,1-3H3. The third-order valence-corrected chi connectivity index (χ3v) is 5.13. The molecule has 3 nitrogen and oxygen atoms in total. The van der Waals surface area contributed by atoms with Gasteiger partial charge in [-0.1, -0.05) is 18.7 Å². The molecule has 1 aromatic rings. The van der Waals surface area contributed by atoms with Crippen LogP contribution in [0.25, 0.3) is 0 Å². The van der Waals surface area contributed by atoms with E-state index in [1.807, 2.05) is 13.8 Å². The molecule has 2 atom stereocenters. The molecular formula is C13H19N3S2. The third-order valence-electron chi connectivity index (χ3n) is 2.94. The summed E-state index contributed by atoms with van der Waals surface area (Å²) in [5.41, 5.74) is 0.675. The summed E-state index contributed by atoms with van der Waals surface area (Å²) >= 11 is 3.46. The number of nitriles is 1. The van der Waals surface area contributed by atoms with Gasteiger partial charge in [0.05, 0.1) is 6.07 Å². The van der Waals surface area contributed by atoms with E-state index in [1.165, 1.54) is 12.8 Å². The monoisotopic (exact) mass is 281 g/mol. The van der Waals surface area contributed by atoms with E-state index in [2.05, 4.69) is 28.7 Å². The van der Waals surface area contributed by atoms with Crippen LogP contribution in [0.1, 0.15) is 38.8 Å². The van der Waals surface area contributed by atoms with Crippen LogP contribution in [0.5, 0.6) is 0 Å². The van der Waals surface area contributed by atoms with Crippen LogP contribution < -0.4 is 5.32 Å². The highest BCUT2D eigenvalue weighted by atomic mass is 32.2. The van der Waals surface area contributed by atoms with Gasteiger partial charge in [0.1, 0.15) is 9.88 Å². The first-order valence-corrected chi connectivity index (χ1v) is 8.04. The molecule has 2 rings (SSSR count). The van der Waals surface area contributed by atoms with Crippen molar-refractivity contribution in [3.63, 3.8) is 0 Å². The van der Waals surface area contributed by atoms with E-state index in [0.29, 0.717) is 11.3 Å². The molecule has 0 amide bonds. The third kappa shape index (κ3) is 3.98. The molecule has 0 aromatic carbocycles. The van der Waals surface area contributed by atoms with Gasteiger partial charge in [0.15, 0.2) is 0 Å². The van der Waals surface area contributed by atoms with E-state index in [4.69, 9.17) is 0 Å². The zero-order valence-electron chi connectivity index (χ0n) is 11.1. The number of nitrogens with one attached hydrogen (secondary N) is 1. The van der Waals surface area contributed by atoms with Gasteiger partial charge >= 0.3 is 0 Å². The molecule has 5 heteroatoms. The van der Waals surface area contributed by atoms with Crippen molar-refractivity contribution >= 4 is 23.1 Å². The zero-order chi connectivity index (χ0) is 13.2. The maximum absolute atomic E-state index is 9.35. The number of nitrogens with zero attached hydrogens (tertiary/aromatic N) is 2. The number of thioether (sulfide) groups is 1. The van der Waals surface area contributed by atoms with E-state index >= 15 is 0 Å². The van der Waals surface area contributed by atoms with Crippen molar-refractivity contribution in [2.24, 2.45) is 0 Å². The highest BCUT2D eigenvalue weighted by Crippen LogP contribution is 2.32. The Morgan fingerprint density at radius 1 is 1.72 bits per heavy atom. The van der Waals surface area contributed by atoms with Gasteiger partial charge in [0.25, 0.3) is 0 Å². The van der Waals surface area contributed by atoms with Crippen molar-refractivity contribution in [2.75, 3.05) is 0 Å². The van der Waals surface area contributed by atoms with Crippen LogP contribution in [0.3, 0.4) is 0 Å². The zero-order valence-corrected chi connectivity index (χ0v) is 12.7. The van der Waals surface area contributed by atoms with Crippen molar-refractivity contribution in [1.82, 2.24) is 10.3 Å². The average molecular weight is 281 g/mol. The summed E-state index contributed by atoms with van der Waals surface area (Å²) in [5, 5.41) is 15.3. The fourth-order valence-corrected chi connectivity index (χ4v) is 4.33. The molecular weight excluding hydrogens is 262 g/mol. The minimum atomic E-state index is -0.403. The summed E-state index contributed by atoms with van der Waals surface area (Å²) in [6.45, 7) is 6.19. The molecule has 1 aliphatic carbocycles. The molecule has 1 N–H and O–H groups in total. The van der Waals surface area contributed by atoms with Crippen LogP contribution in [0.4, 0.5) is 0 Å². The predicted molar refractivity (Wildman–Crippen MR) is 77.0 cm³/mol. The first-order chi connectivity index (χ1) is 8.50. The minimum absolute atomic E-state index is 0.395. The Morgan fingerprint density at radius 2 is 2.44 bits per heavy atom. The maximum Gasteiger partial charge on any atom is 0.150 e. The summed E-state index contributed by atoms with van der Waals surface area (Å²) in [6.07, 6.45) is 3.28. The fraction of sp³-hybridized carbons (Fsp3) is 0.692. The molecule has 0 spiro atoms. The molecule has 0 radical (unpaired) electrons. The molecule has 98 valence electrons. The second-order valence-electron chi connectivity index (χ2n) is 5.25. The Labute approximate surface area is 117 Å². The normalized spacial score (nSPS) is 20.1. The molecule has 1 saturated carbocycles. The molecule has 1 aromatic heterocycles. The van der Waals surface area contributed by atoms with Gasteiger partial charge in [0.2, 0.25) is 0 Å². The summed E-state index contributed by atoms with van der Waals surface area (Å²) in [6, 6.07) is 2.99. The molecule has 18 heavy (non-hydrogen) atoms. The maximum atomic E-state index is 9.35. The van der Waals surface area contributed by atoms with E-state index < -0.39 is 5.54 Å². The van der Waals surface area contributed by atoms with Crippen molar-refractivity contribution in [3.05, 3.63) is 11.1 Å². The smallest absolute Gasteiger partial charge is 0.150 e. The Bertz CT molecular complexity index is 447. The second-order valence-corrected chi connectivity index (χ2v) is 7.79. The summed E-state index contributed by atoms with van der Waals surface area (Å²) in [7, 11) is 0. The van der Waals surface area contributed by atoms with Crippen LogP contribution in [0.15, 0.2) is 9.72 Å². The first kappa shape index (κ1) is 13.9. The number of thiazole rings is 1. The van der Waals surface area contributed by atoms with Gasteiger partial charge in [-0.25, -0.2) is 4.98 Å². The van der Waals surface area contributed by atoms with Gasteiger partial charge in [0, 0.05) is 22.4 Å². The lowest BCUT2D eigenvalue weighted by atomic mass is 9.98. The van der Waals surface area contributed by atoms with E-state index in [0.717, 1.165) is 16.5 Å². The first-order valence-electron chi connectivity index (χ1n) is 6.28. The van der Waals surface area contributed by atoms with Crippen molar-refractivity contribution < 1.29 is 0 Å². The number of aryl methyl sites for hydroxylation is 1. The average Bonchev–Trinajstić information content (AvgIpc) is 3.00. The van der Waals surface area contributed by atoms with Crippen molar-refractivity contribution in [2.45, 2.75) is 61.2 Å². The number of hydrogen-bond acceptors (Lipinski definition) is 5. The lowest BCUT2D eigenvalue weighted by Crippen LogP contribution is -2.44. The topological polar surface area (TPSA) is 48.7 Å². The molecule has 0 saturated heterocycles. The molecule has 1 heterocycles. The van der Waals surface area contributed by atoms with Crippen LogP contribution in [0.2, 0.25) is 0 Å². The Kier molecular flexibility index (Phi) is 4.31. The van der Waals surface area contributed by atoms with Gasteiger partial charge < -0.3 is 0 Å². The van der Waals surface area contributed by atoms with E-state index in [-0.39, 0.29) is 0 Å². The number of hydrogen-bond donors (Lipinski definition) is 1. The van der Waals surface area contributed by atoms with Gasteiger partial charge in [-0.2, -0.15) is 5.26 Å². The van der Waals surface area contributed by atoms with E-state index in [9.17, 15) is 5.26 Å². The van der Waals surface area contributed by atoms with Crippen LogP contribution in [-0.4, -0.2) is 21.8 Å². The molecule has 2 unspecified atom stereocenters. The lowest BCUT2D eigenvalue weighted by Gasteiger charge is -2.26. The quantitative estimate of drug-likeness (QED) is 0.812. The van der Waals surface area contributed by atoms with Gasteiger partial charge in [-0.15, -0.1) is 11.3 Å². The molecule has 1 aliphatic rings. The van der Waals surface area contributed by atoms with Crippen LogP contribution >= 0.6 is 23.1 Å². The predicted octanol–water partition coefficient (Wildman–Crippen LogP) is 3.36. The molecule has 0 bridgehead atoms. The minimum Gasteiger partial charge on any atom is -0.297 e. The molecule has 1 fully saturated rings. The number of aromatic nitrogens is 1. The summed E-state index contributed by atoms with van der Waals surface area (Å²) in [5.74, 6) is 0. The lowest BCUT2D eigenvalue weighted by molar-refractivity contribution is 0.415. The largest absolute Gasteiger partial charge is 0.297 e. The fourth-order valence-electron chi connectivity index (χ4n) is 1.99. The Balaban J connectivity index is 1.88. The van der Waals surface area contributed by atoms with E-state index in [1.54, 1.807) is 23.1 Å². The highest BCUT2D eigenvalue weighted by Gasteiger charge is 2.33. The van der Waals surface area contributed by atoms with Crippen molar-refractivity contribution in [3.8, 4) is 6.07 Å². The molecule has 0 aliphatic heterocycles. The Hall–Kier alpha value is -0.570. The van der Waals surface area contributed by atoms with Crippen LogP contribution in [0, 0.1) is 18.3 Å².